The van der Waals surface area contributed by atoms with E-state index < -0.39 is 11.6 Å². The van der Waals surface area contributed by atoms with Crippen molar-refractivity contribution >= 4 is 6.29 Å². The molecule has 0 aliphatic heterocycles. The molecule has 0 bridgehead atoms. The van der Waals surface area contributed by atoms with Crippen LogP contribution in [0.15, 0.2) is 28.8 Å². The number of carbonyl (C=O) groups is 1. The third-order valence-corrected chi connectivity index (χ3v) is 2.07. The molecule has 0 radical (unpaired) electrons. The largest absolute Gasteiger partial charge is 0.360 e. The van der Waals surface area contributed by atoms with E-state index in [-0.39, 0.29) is 17.7 Å². The molecule has 0 aliphatic carbocycles. The minimum atomic E-state index is -0.523. The van der Waals surface area contributed by atoms with Gasteiger partial charge in [0.2, 0.25) is 0 Å². The maximum absolute atomic E-state index is 13.2. The third kappa shape index (κ3) is 2.13. The van der Waals surface area contributed by atoms with E-state index in [1.54, 1.807) is 0 Å². The molecule has 1 aromatic carbocycles. The van der Waals surface area contributed by atoms with E-state index in [1.165, 1.54) is 6.07 Å². The van der Waals surface area contributed by atoms with E-state index in [0.717, 1.165) is 18.2 Å². The molecule has 0 saturated carbocycles. The van der Waals surface area contributed by atoms with Crippen LogP contribution >= 0.6 is 0 Å². The second kappa shape index (κ2) is 4.22. The molecule has 5 heteroatoms. The molecule has 0 atom stereocenters. The Balaban J connectivity index is 2.26. The summed E-state index contributed by atoms with van der Waals surface area (Å²) in [6.07, 6.45) is 0.583. The van der Waals surface area contributed by atoms with Crippen LogP contribution in [-0.4, -0.2) is 11.4 Å². The molecular weight excluding hydrogens is 216 g/mol. The number of aromatic nitrogens is 1. The molecule has 82 valence electrons. The second-order valence-electron chi connectivity index (χ2n) is 3.25. The molecule has 0 spiro atoms. The van der Waals surface area contributed by atoms with Crippen molar-refractivity contribution in [2.24, 2.45) is 0 Å². The average Bonchev–Trinajstić information content (AvgIpc) is 2.71. The van der Waals surface area contributed by atoms with Crippen LogP contribution in [0.1, 0.15) is 21.8 Å². The van der Waals surface area contributed by atoms with Crippen molar-refractivity contribution in [1.82, 2.24) is 5.16 Å². The highest BCUT2D eigenvalue weighted by atomic mass is 19.1. The molecule has 16 heavy (non-hydrogen) atoms. The fourth-order valence-electron chi connectivity index (χ4n) is 1.33. The smallest absolute Gasteiger partial charge is 0.171 e. The maximum Gasteiger partial charge on any atom is 0.171 e. The quantitative estimate of drug-likeness (QED) is 0.750. The lowest BCUT2D eigenvalue weighted by Gasteiger charge is -1.99. The van der Waals surface area contributed by atoms with Crippen LogP contribution in [0.4, 0.5) is 8.78 Å². The summed E-state index contributed by atoms with van der Waals surface area (Å²) in [6.45, 7) is 0. The van der Waals surface area contributed by atoms with Crippen molar-refractivity contribution in [3.63, 3.8) is 0 Å². The first-order chi connectivity index (χ1) is 7.69. The van der Waals surface area contributed by atoms with Gasteiger partial charge < -0.3 is 4.52 Å². The molecule has 2 aromatic rings. The highest BCUT2D eigenvalue weighted by Gasteiger charge is 2.09. The third-order valence-electron chi connectivity index (χ3n) is 2.07. The van der Waals surface area contributed by atoms with Crippen LogP contribution in [0, 0.1) is 11.6 Å². The van der Waals surface area contributed by atoms with Gasteiger partial charge in [-0.05, 0) is 23.8 Å². The van der Waals surface area contributed by atoms with E-state index in [4.69, 9.17) is 4.52 Å². The molecule has 0 aliphatic rings. The zero-order valence-corrected chi connectivity index (χ0v) is 8.11. The van der Waals surface area contributed by atoms with Gasteiger partial charge in [0, 0.05) is 12.5 Å². The first-order valence-electron chi connectivity index (χ1n) is 4.54. The fraction of sp³-hybridized carbons (Fsp3) is 0.0909. The SMILES string of the molecule is O=Cc1cc(Cc2cc(F)ccc2F)on1. The summed E-state index contributed by atoms with van der Waals surface area (Å²) in [5, 5.41) is 3.42. The number of carbonyl (C=O) groups excluding carboxylic acids is 1. The number of nitrogens with zero attached hydrogens (tertiary/aromatic N) is 1. The number of aldehydes is 1. The van der Waals surface area contributed by atoms with Gasteiger partial charge in [0.15, 0.2) is 6.29 Å². The van der Waals surface area contributed by atoms with E-state index in [9.17, 15) is 13.6 Å². The molecule has 3 nitrogen and oxygen atoms in total. The predicted molar refractivity (Wildman–Crippen MR) is 51.1 cm³/mol. The number of rotatable bonds is 3. The minimum Gasteiger partial charge on any atom is -0.360 e. The van der Waals surface area contributed by atoms with E-state index in [0.29, 0.717) is 12.0 Å². The van der Waals surface area contributed by atoms with Crippen LogP contribution in [-0.2, 0) is 6.42 Å². The van der Waals surface area contributed by atoms with Gasteiger partial charge in [-0.3, -0.25) is 4.79 Å². The molecule has 1 heterocycles. The monoisotopic (exact) mass is 223 g/mol. The van der Waals surface area contributed by atoms with Gasteiger partial charge in [0.05, 0.1) is 0 Å². The summed E-state index contributed by atoms with van der Waals surface area (Å²) >= 11 is 0. The fourth-order valence-corrected chi connectivity index (χ4v) is 1.33. The van der Waals surface area contributed by atoms with Crippen molar-refractivity contribution in [2.75, 3.05) is 0 Å². The summed E-state index contributed by atoms with van der Waals surface area (Å²) < 4.78 is 30.9. The van der Waals surface area contributed by atoms with Gasteiger partial charge in [-0.2, -0.15) is 0 Å². The van der Waals surface area contributed by atoms with Crippen LogP contribution in [0.5, 0.6) is 0 Å². The Morgan fingerprint density at radius 1 is 1.31 bits per heavy atom. The molecule has 0 unspecified atom stereocenters. The van der Waals surface area contributed by atoms with Gasteiger partial charge >= 0.3 is 0 Å². The lowest BCUT2D eigenvalue weighted by molar-refractivity contribution is 0.111. The average molecular weight is 223 g/mol. The molecule has 2 rings (SSSR count). The second-order valence-corrected chi connectivity index (χ2v) is 3.25. The van der Waals surface area contributed by atoms with Crippen LogP contribution in [0.3, 0.4) is 0 Å². The molecule has 0 amide bonds. The Morgan fingerprint density at radius 3 is 2.81 bits per heavy atom. The van der Waals surface area contributed by atoms with Crippen molar-refractivity contribution in [1.29, 1.82) is 0 Å². The molecule has 0 fully saturated rings. The standard InChI is InChI=1S/C11H7F2NO2/c12-8-1-2-11(13)7(3-8)4-10-5-9(6-15)14-16-10/h1-3,5-6H,4H2. The van der Waals surface area contributed by atoms with Crippen molar-refractivity contribution in [2.45, 2.75) is 6.42 Å². The Kier molecular flexibility index (Phi) is 2.76. The lowest BCUT2D eigenvalue weighted by atomic mass is 10.1. The summed E-state index contributed by atoms with van der Waals surface area (Å²) in [4.78, 5) is 10.3. The number of halogens is 2. The zero-order valence-electron chi connectivity index (χ0n) is 8.11. The van der Waals surface area contributed by atoms with Crippen LogP contribution in [0.2, 0.25) is 0 Å². The van der Waals surface area contributed by atoms with Crippen LogP contribution < -0.4 is 0 Å². The highest BCUT2D eigenvalue weighted by Crippen LogP contribution is 2.15. The Hall–Kier alpha value is -2.04. The zero-order chi connectivity index (χ0) is 11.5. The molecule has 1 aromatic heterocycles. The topological polar surface area (TPSA) is 43.1 Å². The Labute approximate surface area is 89.7 Å². The normalized spacial score (nSPS) is 10.4. The summed E-state index contributed by atoms with van der Waals surface area (Å²) in [6, 6.07) is 4.55. The number of benzene rings is 1. The van der Waals surface area contributed by atoms with Crippen molar-refractivity contribution in [3.05, 3.63) is 52.9 Å². The number of hydrogen-bond donors (Lipinski definition) is 0. The molecular formula is C11H7F2NO2. The van der Waals surface area contributed by atoms with E-state index in [1.807, 2.05) is 0 Å². The first-order valence-corrected chi connectivity index (χ1v) is 4.54. The van der Waals surface area contributed by atoms with Gasteiger partial charge in [-0.25, -0.2) is 8.78 Å². The minimum absolute atomic E-state index is 0.0600. The summed E-state index contributed by atoms with van der Waals surface area (Å²) in [5.74, 6) is -0.733. The van der Waals surface area contributed by atoms with Gasteiger partial charge in [-0.15, -0.1) is 0 Å². The Bertz CT molecular complexity index is 522. The van der Waals surface area contributed by atoms with E-state index in [2.05, 4.69) is 5.16 Å². The maximum atomic E-state index is 13.2. The van der Waals surface area contributed by atoms with E-state index >= 15 is 0 Å². The van der Waals surface area contributed by atoms with Gasteiger partial charge in [-0.1, -0.05) is 5.16 Å². The molecule has 0 saturated heterocycles. The van der Waals surface area contributed by atoms with Crippen LogP contribution in [0.25, 0.3) is 0 Å². The predicted octanol–water partition coefficient (Wildman–Crippen LogP) is 2.36. The van der Waals surface area contributed by atoms with Gasteiger partial charge in [0.25, 0.3) is 0 Å². The van der Waals surface area contributed by atoms with Crippen molar-refractivity contribution in [3.8, 4) is 0 Å². The molecule has 0 N–H and O–H groups in total. The Morgan fingerprint density at radius 2 is 2.12 bits per heavy atom. The first kappa shape index (κ1) is 10.5. The van der Waals surface area contributed by atoms with Gasteiger partial charge in [0.1, 0.15) is 23.1 Å². The highest BCUT2D eigenvalue weighted by molar-refractivity contribution is 5.71. The lowest BCUT2D eigenvalue weighted by Crippen LogP contribution is -1.92. The summed E-state index contributed by atoms with van der Waals surface area (Å²) in [7, 11) is 0. The number of hydrogen-bond acceptors (Lipinski definition) is 3. The van der Waals surface area contributed by atoms with Crippen molar-refractivity contribution < 1.29 is 18.1 Å². The summed E-state index contributed by atoms with van der Waals surface area (Å²) in [5.41, 5.74) is 0.292.